The number of alkyl carbamates (subject to hydrolysis) is 1. The number of nitrogens with zero attached hydrogens (tertiary/aromatic N) is 5. The highest BCUT2D eigenvalue weighted by Gasteiger charge is 2.25. The van der Waals surface area contributed by atoms with Gasteiger partial charge in [0, 0.05) is 51.7 Å². The van der Waals surface area contributed by atoms with Crippen molar-refractivity contribution in [3.05, 3.63) is 41.3 Å². The number of nitrogens with one attached hydrogen (secondary N) is 2. The van der Waals surface area contributed by atoms with E-state index in [9.17, 15) is 4.79 Å². The Balaban J connectivity index is 1.67. The second kappa shape index (κ2) is 10.8. The van der Waals surface area contributed by atoms with Crippen LogP contribution < -0.4 is 15.5 Å². The number of aromatic nitrogens is 3. The van der Waals surface area contributed by atoms with Crippen LogP contribution in [0, 0.1) is 0 Å². The first-order chi connectivity index (χ1) is 15.6. The molecule has 1 unspecified atom stereocenters. The van der Waals surface area contributed by atoms with Crippen LogP contribution in [0.15, 0.2) is 24.5 Å². The molecule has 0 fully saturated rings. The van der Waals surface area contributed by atoms with Crippen LogP contribution in [0.5, 0.6) is 0 Å². The van der Waals surface area contributed by atoms with Gasteiger partial charge in [-0.15, -0.1) is 0 Å². The minimum atomic E-state index is -0.519. The molecule has 0 saturated heterocycles. The van der Waals surface area contributed by atoms with E-state index in [1.807, 2.05) is 58.2 Å². The summed E-state index contributed by atoms with van der Waals surface area (Å²) in [5.41, 5.74) is 3.00. The maximum absolute atomic E-state index is 11.9. The lowest BCUT2D eigenvalue weighted by atomic mass is 9.91. The third-order valence-electron chi connectivity index (χ3n) is 5.45. The molecular weight excluding hydrogens is 418 g/mol. The zero-order valence-electron chi connectivity index (χ0n) is 20.7. The molecule has 2 aromatic heterocycles. The number of anilines is 2. The second-order valence-electron chi connectivity index (χ2n) is 9.66. The number of hydrogen-bond acceptors (Lipinski definition) is 8. The lowest BCUT2D eigenvalue weighted by Gasteiger charge is -2.32. The predicted molar refractivity (Wildman–Crippen MR) is 130 cm³/mol. The summed E-state index contributed by atoms with van der Waals surface area (Å²) in [5.74, 6) is 1.40. The van der Waals surface area contributed by atoms with E-state index in [1.165, 1.54) is 11.3 Å². The van der Waals surface area contributed by atoms with Gasteiger partial charge in [-0.1, -0.05) is 6.07 Å². The first kappa shape index (κ1) is 24.7. The predicted octanol–water partition coefficient (Wildman–Crippen LogP) is 3.38. The fourth-order valence-electron chi connectivity index (χ4n) is 3.93. The van der Waals surface area contributed by atoms with Gasteiger partial charge in [0.2, 0.25) is 5.95 Å². The van der Waals surface area contributed by atoms with Crippen LogP contribution in [0.2, 0.25) is 0 Å². The molecule has 1 aliphatic carbocycles. The summed E-state index contributed by atoms with van der Waals surface area (Å²) in [7, 11) is 5.96. The molecule has 0 bridgehead atoms. The molecular formula is C24H37N7O2. The minimum absolute atomic E-state index is 0.269. The highest BCUT2D eigenvalue weighted by Crippen LogP contribution is 2.33. The van der Waals surface area contributed by atoms with E-state index in [0.29, 0.717) is 25.6 Å². The molecule has 2 N–H and O–H groups in total. The fourth-order valence-corrected chi connectivity index (χ4v) is 3.93. The molecule has 33 heavy (non-hydrogen) atoms. The standard InChI is InChI=1S/C24H37N7O2/c1-24(2,3)33-23(32)27-14-13-26-21-18(15-28-22(29-21)30(4)5)16-31(6)19-11-7-9-17-10-8-12-25-20(17)19/h8,10,12,15,19H,7,9,11,13-14,16H2,1-6H3,(H,27,32)(H,26,28,29). The van der Waals surface area contributed by atoms with Gasteiger partial charge < -0.3 is 20.3 Å². The second-order valence-corrected chi connectivity index (χ2v) is 9.66. The van der Waals surface area contributed by atoms with Crippen molar-refractivity contribution in [1.29, 1.82) is 0 Å². The fraction of sp³-hybridized carbons (Fsp3) is 0.583. The van der Waals surface area contributed by atoms with Crippen LogP contribution in [0.25, 0.3) is 0 Å². The van der Waals surface area contributed by atoms with Crippen molar-refractivity contribution in [2.45, 2.75) is 58.2 Å². The lowest BCUT2D eigenvalue weighted by molar-refractivity contribution is 0.0530. The molecule has 1 atom stereocenters. The summed E-state index contributed by atoms with van der Waals surface area (Å²) in [6.45, 7) is 7.17. The smallest absolute Gasteiger partial charge is 0.407 e. The Morgan fingerprint density at radius 1 is 1.21 bits per heavy atom. The van der Waals surface area contributed by atoms with Crippen molar-refractivity contribution in [3.8, 4) is 0 Å². The third-order valence-corrected chi connectivity index (χ3v) is 5.45. The first-order valence-corrected chi connectivity index (χ1v) is 11.5. The molecule has 0 saturated carbocycles. The zero-order chi connectivity index (χ0) is 24.0. The highest BCUT2D eigenvalue weighted by molar-refractivity contribution is 5.67. The van der Waals surface area contributed by atoms with Gasteiger partial charge >= 0.3 is 6.09 Å². The topological polar surface area (TPSA) is 95.5 Å². The van der Waals surface area contributed by atoms with Crippen molar-refractivity contribution in [2.24, 2.45) is 0 Å². The van der Waals surface area contributed by atoms with Crippen molar-refractivity contribution >= 4 is 17.9 Å². The lowest BCUT2D eigenvalue weighted by Crippen LogP contribution is -2.35. The van der Waals surface area contributed by atoms with E-state index in [2.05, 4.69) is 38.6 Å². The average Bonchev–Trinajstić information content (AvgIpc) is 2.75. The van der Waals surface area contributed by atoms with Crippen LogP contribution in [0.3, 0.4) is 0 Å². The number of aryl methyl sites for hydroxylation is 1. The van der Waals surface area contributed by atoms with Gasteiger partial charge in [0.25, 0.3) is 0 Å². The summed E-state index contributed by atoms with van der Waals surface area (Å²) in [6, 6.07) is 4.47. The van der Waals surface area contributed by atoms with E-state index in [-0.39, 0.29) is 6.04 Å². The molecule has 0 aromatic carbocycles. The SMILES string of the molecule is CN(C)c1ncc(CN(C)C2CCCc3cccnc32)c(NCCNC(=O)OC(C)(C)C)n1. The third kappa shape index (κ3) is 7.02. The number of rotatable bonds is 8. The molecule has 9 nitrogen and oxygen atoms in total. The Morgan fingerprint density at radius 2 is 2.00 bits per heavy atom. The van der Waals surface area contributed by atoms with E-state index in [0.717, 1.165) is 30.6 Å². The van der Waals surface area contributed by atoms with Crippen molar-refractivity contribution < 1.29 is 9.53 Å². The minimum Gasteiger partial charge on any atom is -0.444 e. The molecule has 0 radical (unpaired) electrons. The summed E-state index contributed by atoms with van der Waals surface area (Å²) < 4.78 is 5.29. The largest absolute Gasteiger partial charge is 0.444 e. The molecule has 3 rings (SSSR count). The van der Waals surface area contributed by atoms with Crippen molar-refractivity contribution in [2.75, 3.05) is 44.4 Å². The monoisotopic (exact) mass is 455 g/mol. The number of carbonyl (C=O) groups is 1. The van der Waals surface area contributed by atoms with Crippen LogP contribution in [-0.2, 0) is 17.7 Å². The van der Waals surface area contributed by atoms with E-state index >= 15 is 0 Å². The Hall–Kier alpha value is -2.94. The molecule has 0 spiro atoms. The molecule has 1 aliphatic rings. The van der Waals surface area contributed by atoms with Gasteiger partial charge in [0.1, 0.15) is 11.4 Å². The van der Waals surface area contributed by atoms with Gasteiger partial charge in [-0.25, -0.2) is 9.78 Å². The summed E-state index contributed by atoms with van der Waals surface area (Å²) in [6.07, 6.45) is 6.66. The summed E-state index contributed by atoms with van der Waals surface area (Å²) in [4.78, 5) is 30.0. The quantitative estimate of drug-likeness (QED) is 0.585. The molecule has 0 aliphatic heterocycles. The van der Waals surface area contributed by atoms with Crippen LogP contribution in [-0.4, -0.2) is 65.8 Å². The highest BCUT2D eigenvalue weighted by atomic mass is 16.6. The van der Waals surface area contributed by atoms with Gasteiger partial charge in [-0.2, -0.15) is 4.98 Å². The molecule has 1 amide bonds. The summed E-state index contributed by atoms with van der Waals surface area (Å²) >= 11 is 0. The Labute approximate surface area is 197 Å². The van der Waals surface area contributed by atoms with Gasteiger partial charge in [-0.3, -0.25) is 9.88 Å². The van der Waals surface area contributed by atoms with E-state index in [4.69, 9.17) is 9.72 Å². The van der Waals surface area contributed by atoms with Crippen molar-refractivity contribution in [3.63, 3.8) is 0 Å². The number of amides is 1. The Bertz CT molecular complexity index is 943. The molecule has 180 valence electrons. The number of carbonyl (C=O) groups excluding carboxylic acids is 1. The molecule has 2 aromatic rings. The average molecular weight is 456 g/mol. The Kier molecular flexibility index (Phi) is 8.07. The summed E-state index contributed by atoms with van der Waals surface area (Å²) in [5, 5.41) is 6.14. The number of hydrogen-bond donors (Lipinski definition) is 2. The van der Waals surface area contributed by atoms with Crippen LogP contribution in [0.4, 0.5) is 16.6 Å². The molecule has 9 heteroatoms. The number of fused-ring (bicyclic) bond motifs is 1. The number of pyridine rings is 1. The van der Waals surface area contributed by atoms with Gasteiger partial charge in [-0.05, 0) is 58.7 Å². The maximum atomic E-state index is 11.9. The van der Waals surface area contributed by atoms with Crippen molar-refractivity contribution in [1.82, 2.24) is 25.2 Å². The Morgan fingerprint density at radius 3 is 2.73 bits per heavy atom. The molecule has 2 heterocycles. The number of ether oxygens (including phenoxy) is 1. The zero-order valence-corrected chi connectivity index (χ0v) is 20.7. The normalized spacial score (nSPS) is 15.7. The first-order valence-electron chi connectivity index (χ1n) is 11.5. The van der Waals surface area contributed by atoms with Crippen LogP contribution >= 0.6 is 0 Å². The van der Waals surface area contributed by atoms with Gasteiger partial charge in [0.15, 0.2) is 0 Å². The van der Waals surface area contributed by atoms with Crippen LogP contribution in [0.1, 0.15) is 56.5 Å². The van der Waals surface area contributed by atoms with Gasteiger partial charge in [0.05, 0.1) is 11.7 Å². The van der Waals surface area contributed by atoms with E-state index in [1.54, 1.807) is 0 Å². The van der Waals surface area contributed by atoms with E-state index < -0.39 is 11.7 Å². The maximum Gasteiger partial charge on any atom is 0.407 e.